The molecule has 1 heterocycles. The second-order valence-electron chi connectivity index (χ2n) is 5.52. The van der Waals surface area contributed by atoms with Gasteiger partial charge in [0.25, 0.3) is 11.8 Å². The molecule has 3 aromatic rings. The van der Waals surface area contributed by atoms with Crippen LogP contribution in [-0.2, 0) is 0 Å². The summed E-state index contributed by atoms with van der Waals surface area (Å²) in [5, 5.41) is 5.63. The first-order valence-electron chi connectivity index (χ1n) is 7.83. The quantitative estimate of drug-likeness (QED) is 0.762. The molecule has 0 aliphatic heterocycles. The molecule has 0 aliphatic rings. The van der Waals surface area contributed by atoms with E-state index in [2.05, 4.69) is 15.6 Å². The minimum absolute atomic E-state index is 0.237. The van der Waals surface area contributed by atoms with Crippen LogP contribution >= 0.6 is 0 Å². The molecule has 0 spiro atoms. The van der Waals surface area contributed by atoms with Gasteiger partial charge in [-0.1, -0.05) is 30.3 Å². The van der Waals surface area contributed by atoms with Gasteiger partial charge in [-0.3, -0.25) is 14.6 Å². The highest BCUT2D eigenvalue weighted by Gasteiger charge is 2.12. The maximum atomic E-state index is 12.4. The Labute approximate surface area is 145 Å². The molecule has 25 heavy (non-hydrogen) atoms. The van der Waals surface area contributed by atoms with Crippen molar-refractivity contribution < 1.29 is 9.59 Å². The molecule has 5 nitrogen and oxygen atoms in total. The Morgan fingerprint density at radius 1 is 0.840 bits per heavy atom. The van der Waals surface area contributed by atoms with Crippen molar-refractivity contribution in [3.8, 4) is 0 Å². The highest BCUT2D eigenvalue weighted by molar-refractivity contribution is 6.07. The summed E-state index contributed by atoms with van der Waals surface area (Å²) in [5.41, 5.74) is 2.94. The van der Waals surface area contributed by atoms with Crippen LogP contribution in [0.2, 0.25) is 0 Å². The zero-order valence-electron chi connectivity index (χ0n) is 13.7. The van der Waals surface area contributed by atoms with E-state index in [-0.39, 0.29) is 11.8 Å². The van der Waals surface area contributed by atoms with Crippen LogP contribution in [0.15, 0.2) is 72.9 Å². The van der Waals surface area contributed by atoms with Crippen molar-refractivity contribution in [3.05, 3.63) is 89.7 Å². The van der Waals surface area contributed by atoms with Crippen molar-refractivity contribution >= 4 is 23.2 Å². The number of aryl methyl sites for hydroxylation is 1. The van der Waals surface area contributed by atoms with E-state index in [0.29, 0.717) is 22.6 Å². The van der Waals surface area contributed by atoms with Crippen LogP contribution in [0.1, 0.15) is 26.4 Å². The van der Waals surface area contributed by atoms with Gasteiger partial charge >= 0.3 is 0 Å². The number of benzene rings is 2. The van der Waals surface area contributed by atoms with Gasteiger partial charge in [-0.05, 0) is 48.9 Å². The monoisotopic (exact) mass is 331 g/mol. The van der Waals surface area contributed by atoms with Gasteiger partial charge in [-0.25, -0.2) is 0 Å². The first-order valence-corrected chi connectivity index (χ1v) is 7.83. The van der Waals surface area contributed by atoms with Gasteiger partial charge in [-0.2, -0.15) is 0 Å². The molecule has 0 radical (unpaired) electrons. The standard InChI is InChI=1S/C20H17N3O2/c1-14-10-11-15(19(24)22-16-7-3-2-4-8-16)13-18(14)23-20(25)17-9-5-6-12-21-17/h2-13H,1H3,(H,22,24)(H,23,25). The largest absolute Gasteiger partial charge is 0.322 e. The topological polar surface area (TPSA) is 71.1 Å². The van der Waals surface area contributed by atoms with E-state index in [0.717, 1.165) is 5.56 Å². The molecule has 2 aromatic carbocycles. The highest BCUT2D eigenvalue weighted by Crippen LogP contribution is 2.19. The number of rotatable bonds is 4. The molecule has 0 atom stereocenters. The van der Waals surface area contributed by atoms with Gasteiger partial charge in [-0.15, -0.1) is 0 Å². The molecule has 2 amide bonds. The summed E-state index contributed by atoms with van der Waals surface area (Å²) in [4.78, 5) is 28.7. The third kappa shape index (κ3) is 4.09. The number of carbonyl (C=O) groups excluding carboxylic acids is 2. The average molecular weight is 331 g/mol. The van der Waals surface area contributed by atoms with Crippen molar-refractivity contribution in [1.29, 1.82) is 0 Å². The number of amides is 2. The Hall–Kier alpha value is -3.47. The Morgan fingerprint density at radius 2 is 1.60 bits per heavy atom. The molecular formula is C20H17N3O2. The predicted octanol–water partition coefficient (Wildman–Crippen LogP) is 3.89. The molecular weight excluding hydrogens is 314 g/mol. The van der Waals surface area contributed by atoms with Crippen molar-refractivity contribution in [2.24, 2.45) is 0 Å². The van der Waals surface area contributed by atoms with Gasteiger partial charge in [0.1, 0.15) is 5.69 Å². The number of hydrogen-bond acceptors (Lipinski definition) is 3. The summed E-state index contributed by atoms with van der Waals surface area (Å²) in [6, 6.07) is 19.5. The fraction of sp³-hybridized carbons (Fsp3) is 0.0500. The smallest absolute Gasteiger partial charge is 0.274 e. The van der Waals surface area contributed by atoms with Crippen LogP contribution in [0.5, 0.6) is 0 Å². The molecule has 124 valence electrons. The second-order valence-corrected chi connectivity index (χ2v) is 5.52. The average Bonchev–Trinajstić information content (AvgIpc) is 2.65. The van der Waals surface area contributed by atoms with E-state index in [1.165, 1.54) is 0 Å². The van der Waals surface area contributed by atoms with E-state index in [1.54, 1.807) is 42.6 Å². The zero-order valence-corrected chi connectivity index (χ0v) is 13.7. The van der Waals surface area contributed by atoms with Crippen LogP contribution in [0.25, 0.3) is 0 Å². The summed E-state index contributed by atoms with van der Waals surface area (Å²) in [6.45, 7) is 1.87. The number of nitrogens with one attached hydrogen (secondary N) is 2. The summed E-state index contributed by atoms with van der Waals surface area (Å²) in [6.07, 6.45) is 1.56. The molecule has 3 rings (SSSR count). The first kappa shape index (κ1) is 16.4. The van der Waals surface area contributed by atoms with Crippen LogP contribution in [0, 0.1) is 6.92 Å². The Morgan fingerprint density at radius 3 is 2.32 bits per heavy atom. The van der Waals surface area contributed by atoms with Gasteiger partial charge in [0.2, 0.25) is 0 Å². The number of para-hydroxylation sites is 1. The predicted molar refractivity (Wildman–Crippen MR) is 97.8 cm³/mol. The second kappa shape index (κ2) is 7.40. The van der Waals surface area contributed by atoms with Gasteiger partial charge < -0.3 is 10.6 Å². The fourth-order valence-corrected chi connectivity index (χ4v) is 2.31. The van der Waals surface area contributed by atoms with Crippen molar-refractivity contribution in [3.63, 3.8) is 0 Å². The Bertz CT molecular complexity index is 893. The lowest BCUT2D eigenvalue weighted by Gasteiger charge is -2.11. The first-order chi connectivity index (χ1) is 12.1. The number of anilines is 2. The molecule has 0 fully saturated rings. The normalized spacial score (nSPS) is 10.1. The number of nitrogens with zero attached hydrogens (tertiary/aromatic N) is 1. The van der Waals surface area contributed by atoms with E-state index < -0.39 is 0 Å². The summed E-state index contributed by atoms with van der Waals surface area (Å²) >= 11 is 0. The Balaban J connectivity index is 1.78. The minimum Gasteiger partial charge on any atom is -0.322 e. The van der Waals surface area contributed by atoms with Crippen LogP contribution in [-0.4, -0.2) is 16.8 Å². The lowest BCUT2D eigenvalue weighted by Crippen LogP contribution is -2.16. The van der Waals surface area contributed by atoms with E-state index in [4.69, 9.17) is 0 Å². The van der Waals surface area contributed by atoms with Gasteiger partial charge in [0.05, 0.1) is 0 Å². The maximum absolute atomic E-state index is 12.4. The zero-order chi connectivity index (χ0) is 17.6. The SMILES string of the molecule is Cc1ccc(C(=O)Nc2ccccc2)cc1NC(=O)c1ccccn1. The molecule has 2 N–H and O–H groups in total. The summed E-state index contributed by atoms with van der Waals surface area (Å²) < 4.78 is 0. The van der Waals surface area contributed by atoms with Crippen LogP contribution < -0.4 is 10.6 Å². The van der Waals surface area contributed by atoms with Gasteiger partial charge in [0.15, 0.2) is 0 Å². The number of hydrogen-bond donors (Lipinski definition) is 2. The molecule has 0 bridgehead atoms. The Kier molecular flexibility index (Phi) is 4.85. The van der Waals surface area contributed by atoms with Crippen molar-refractivity contribution in [2.45, 2.75) is 6.92 Å². The number of carbonyl (C=O) groups is 2. The molecule has 0 saturated heterocycles. The third-order valence-corrected chi connectivity index (χ3v) is 3.68. The van der Waals surface area contributed by atoms with Crippen molar-refractivity contribution in [1.82, 2.24) is 4.98 Å². The molecule has 5 heteroatoms. The van der Waals surface area contributed by atoms with E-state index >= 15 is 0 Å². The fourth-order valence-electron chi connectivity index (χ4n) is 2.31. The minimum atomic E-state index is -0.315. The number of aromatic nitrogens is 1. The maximum Gasteiger partial charge on any atom is 0.274 e. The van der Waals surface area contributed by atoms with Gasteiger partial charge in [0, 0.05) is 23.1 Å². The molecule has 0 unspecified atom stereocenters. The van der Waals surface area contributed by atoms with Crippen LogP contribution in [0.4, 0.5) is 11.4 Å². The van der Waals surface area contributed by atoms with E-state index in [1.807, 2.05) is 37.3 Å². The van der Waals surface area contributed by atoms with Crippen LogP contribution in [0.3, 0.4) is 0 Å². The summed E-state index contributed by atoms with van der Waals surface area (Å²) in [5.74, 6) is -0.552. The molecule has 0 aliphatic carbocycles. The van der Waals surface area contributed by atoms with E-state index in [9.17, 15) is 9.59 Å². The lowest BCUT2D eigenvalue weighted by atomic mass is 10.1. The third-order valence-electron chi connectivity index (χ3n) is 3.68. The lowest BCUT2D eigenvalue weighted by molar-refractivity contribution is 0.101. The highest BCUT2D eigenvalue weighted by atomic mass is 16.2. The molecule has 0 saturated carbocycles. The van der Waals surface area contributed by atoms with Crippen molar-refractivity contribution in [2.75, 3.05) is 10.6 Å². The number of pyridine rings is 1. The molecule has 1 aromatic heterocycles. The summed E-state index contributed by atoms with van der Waals surface area (Å²) in [7, 11) is 0.